The summed E-state index contributed by atoms with van der Waals surface area (Å²) in [5.41, 5.74) is 1.52. The average Bonchev–Trinajstić information content (AvgIpc) is 3.18. The van der Waals surface area contributed by atoms with Gasteiger partial charge in [0.05, 0.1) is 0 Å². The summed E-state index contributed by atoms with van der Waals surface area (Å²) >= 11 is 3.60. The standard InChI is InChI=1S/C17H23N3O2S2/c1-10(2)15-14(18-9-22-15)16(21)20-12-4-6-13(7-5-12)24-17-19-11(3)8-23-17/h8-10,12-13H,4-7H2,1-3H3,(H,20,21). The fraction of sp³-hybridized carbons (Fsp3) is 0.588. The maximum absolute atomic E-state index is 12.4. The van der Waals surface area contributed by atoms with Crippen LogP contribution in [0.2, 0.25) is 0 Å². The summed E-state index contributed by atoms with van der Waals surface area (Å²) in [4.78, 5) is 21.0. The molecule has 1 amide bonds. The lowest BCUT2D eigenvalue weighted by atomic mass is 9.95. The molecule has 7 heteroatoms. The number of aryl methyl sites for hydroxylation is 1. The summed E-state index contributed by atoms with van der Waals surface area (Å²) in [5.74, 6) is 0.706. The molecule has 0 aromatic carbocycles. The highest BCUT2D eigenvalue weighted by atomic mass is 32.2. The molecule has 1 saturated carbocycles. The molecule has 1 N–H and O–H groups in total. The second kappa shape index (κ2) is 7.70. The number of nitrogens with zero attached hydrogens (tertiary/aromatic N) is 2. The van der Waals surface area contributed by atoms with Gasteiger partial charge in [0.15, 0.2) is 12.1 Å². The first-order chi connectivity index (χ1) is 11.5. The summed E-state index contributed by atoms with van der Waals surface area (Å²) in [6.07, 6.45) is 5.56. The number of nitrogens with one attached hydrogen (secondary N) is 1. The van der Waals surface area contributed by atoms with Crippen molar-refractivity contribution in [2.24, 2.45) is 0 Å². The van der Waals surface area contributed by atoms with E-state index in [9.17, 15) is 4.79 Å². The summed E-state index contributed by atoms with van der Waals surface area (Å²) in [5, 5.41) is 5.82. The molecule has 5 nitrogen and oxygen atoms in total. The van der Waals surface area contributed by atoms with Crippen LogP contribution < -0.4 is 5.32 Å². The van der Waals surface area contributed by atoms with Gasteiger partial charge in [0.25, 0.3) is 5.91 Å². The van der Waals surface area contributed by atoms with Crippen LogP contribution in [0, 0.1) is 6.92 Å². The Balaban J connectivity index is 1.50. The minimum Gasteiger partial charge on any atom is -0.447 e. The molecule has 1 aliphatic carbocycles. The van der Waals surface area contributed by atoms with Crippen molar-refractivity contribution in [3.63, 3.8) is 0 Å². The zero-order valence-electron chi connectivity index (χ0n) is 14.2. The molecule has 130 valence electrons. The second-order valence-electron chi connectivity index (χ2n) is 6.54. The summed E-state index contributed by atoms with van der Waals surface area (Å²) < 4.78 is 6.50. The van der Waals surface area contributed by atoms with E-state index in [4.69, 9.17) is 4.42 Å². The predicted molar refractivity (Wildman–Crippen MR) is 96.8 cm³/mol. The Kier molecular flexibility index (Phi) is 5.61. The van der Waals surface area contributed by atoms with Crippen molar-refractivity contribution in [3.8, 4) is 0 Å². The molecular formula is C17H23N3O2S2. The molecule has 0 saturated heterocycles. The van der Waals surface area contributed by atoms with Crippen molar-refractivity contribution in [3.05, 3.63) is 28.9 Å². The van der Waals surface area contributed by atoms with Gasteiger partial charge in [-0.3, -0.25) is 4.79 Å². The van der Waals surface area contributed by atoms with Gasteiger partial charge in [0, 0.05) is 28.3 Å². The van der Waals surface area contributed by atoms with E-state index in [1.807, 2.05) is 32.5 Å². The SMILES string of the molecule is Cc1csc(SC2CCC(NC(=O)c3ncoc3C(C)C)CC2)n1. The van der Waals surface area contributed by atoms with Crippen LogP contribution in [0.1, 0.15) is 67.4 Å². The smallest absolute Gasteiger partial charge is 0.273 e. The van der Waals surface area contributed by atoms with Gasteiger partial charge in [-0.2, -0.15) is 0 Å². The van der Waals surface area contributed by atoms with E-state index < -0.39 is 0 Å². The second-order valence-corrected chi connectivity index (χ2v) is 8.95. The third kappa shape index (κ3) is 4.19. The summed E-state index contributed by atoms with van der Waals surface area (Å²) in [6, 6.07) is 0.226. The van der Waals surface area contributed by atoms with E-state index in [1.165, 1.54) is 6.39 Å². The number of carbonyl (C=O) groups excluding carboxylic acids is 1. The topological polar surface area (TPSA) is 68.0 Å². The maximum atomic E-state index is 12.4. The van der Waals surface area contributed by atoms with E-state index in [0.717, 1.165) is 35.7 Å². The van der Waals surface area contributed by atoms with Crippen LogP contribution >= 0.6 is 23.1 Å². The van der Waals surface area contributed by atoms with Gasteiger partial charge in [-0.15, -0.1) is 11.3 Å². The number of amides is 1. The Morgan fingerprint density at radius 2 is 2.12 bits per heavy atom. The van der Waals surface area contributed by atoms with Gasteiger partial charge in [-0.25, -0.2) is 9.97 Å². The Bertz CT molecular complexity index is 688. The Labute approximate surface area is 150 Å². The lowest BCUT2D eigenvalue weighted by Gasteiger charge is -2.28. The normalized spacial score (nSPS) is 21.2. The van der Waals surface area contributed by atoms with Crippen LogP contribution in [0.25, 0.3) is 0 Å². The van der Waals surface area contributed by atoms with Gasteiger partial charge in [0.2, 0.25) is 0 Å². The predicted octanol–water partition coefficient (Wildman–Crippen LogP) is 4.40. The first-order valence-corrected chi connectivity index (χ1v) is 10.1. The van der Waals surface area contributed by atoms with Crippen LogP contribution in [0.4, 0.5) is 0 Å². The number of hydrogen-bond acceptors (Lipinski definition) is 6. The largest absolute Gasteiger partial charge is 0.447 e. The van der Waals surface area contributed by atoms with Gasteiger partial charge in [0.1, 0.15) is 10.1 Å². The van der Waals surface area contributed by atoms with Gasteiger partial charge in [-0.1, -0.05) is 25.6 Å². The Morgan fingerprint density at radius 1 is 1.38 bits per heavy atom. The van der Waals surface area contributed by atoms with Gasteiger partial charge in [-0.05, 0) is 32.6 Å². The minimum absolute atomic E-state index is 0.112. The highest BCUT2D eigenvalue weighted by molar-refractivity contribution is 8.01. The number of thioether (sulfide) groups is 1. The maximum Gasteiger partial charge on any atom is 0.273 e. The van der Waals surface area contributed by atoms with Crippen molar-refractivity contribution < 1.29 is 9.21 Å². The zero-order chi connectivity index (χ0) is 17.1. The number of aromatic nitrogens is 2. The highest BCUT2D eigenvalue weighted by Crippen LogP contribution is 2.35. The molecule has 2 heterocycles. The Hall–Kier alpha value is -1.34. The van der Waals surface area contributed by atoms with Crippen LogP contribution in [0.15, 0.2) is 20.5 Å². The molecule has 2 aromatic rings. The molecule has 0 bridgehead atoms. The molecule has 1 fully saturated rings. The van der Waals surface area contributed by atoms with Crippen LogP contribution in [0.3, 0.4) is 0 Å². The molecule has 3 rings (SSSR count). The highest BCUT2D eigenvalue weighted by Gasteiger charge is 2.26. The number of thiazole rings is 1. The molecule has 2 aromatic heterocycles. The fourth-order valence-electron chi connectivity index (χ4n) is 2.94. The van der Waals surface area contributed by atoms with Crippen LogP contribution in [-0.4, -0.2) is 27.2 Å². The molecular weight excluding hydrogens is 342 g/mol. The number of rotatable bonds is 5. The molecule has 0 unspecified atom stereocenters. The lowest BCUT2D eigenvalue weighted by molar-refractivity contribution is 0.0921. The van der Waals surface area contributed by atoms with E-state index in [0.29, 0.717) is 16.7 Å². The van der Waals surface area contributed by atoms with Gasteiger partial charge >= 0.3 is 0 Å². The quantitative estimate of drug-likeness (QED) is 0.851. The fourth-order valence-corrected chi connectivity index (χ4v) is 5.23. The van der Waals surface area contributed by atoms with Crippen molar-refractivity contribution in [1.82, 2.24) is 15.3 Å². The van der Waals surface area contributed by atoms with Crippen molar-refractivity contribution in [1.29, 1.82) is 0 Å². The molecule has 0 spiro atoms. The van der Waals surface area contributed by atoms with E-state index in [-0.39, 0.29) is 17.9 Å². The monoisotopic (exact) mass is 365 g/mol. The van der Waals surface area contributed by atoms with Crippen molar-refractivity contribution >= 4 is 29.0 Å². The van der Waals surface area contributed by atoms with E-state index >= 15 is 0 Å². The van der Waals surface area contributed by atoms with Crippen molar-refractivity contribution in [2.75, 3.05) is 0 Å². The van der Waals surface area contributed by atoms with Gasteiger partial charge < -0.3 is 9.73 Å². The first kappa shape index (κ1) is 17.5. The molecule has 0 atom stereocenters. The summed E-state index contributed by atoms with van der Waals surface area (Å²) in [7, 11) is 0. The third-order valence-corrected chi connectivity index (χ3v) is 6.64. The molecule has 24 heavy (non-hydrogen) atoms. The third-order valence-electron chi connectivity index (χ3n) is 4.21. The average molecular weight is 366 g/mol. The number of hydrogen-bond donors (Lipinski definition) is 1. The lowest BCUT2D eigenvalue weighted by Crippen LogP contribution is -2.38. The zero-order valence-corrected chi connectivity index (χ0v) is 15.9. The van der Waals surface area contributed by atoms with Crippen molar-refractivity contribution in [2.45, 2.75) is 68.0 Å². The first-order valence-electron chi connectivity index (χ1n) is 8.36. The Morgan fingerprint density at radius 3 is 2.75 bits per heavy atom. The van der Waals surface area contributed by atoms with E-state index in [2.05, 4.69) is 20.7 Å². The molecule has 0 aliphatic heterocycles. The number of oxazole rings is 1. The van der Waals surface area contributed by atoms with Crippen LogP contribution in [-0.2, 0) is 0 Å². The minimum atomic E-state index is -0.112. The van der Waals surface area contributed by atoms with E-state index in [1.54, 1.807) is 11.3 Å². The van der Waals surface area contributed by atoms with Crippen LogP contribution in [0.5, 0.6) is 0 Å². The molecule has 0 radical (unpaired) electrons. The molecule has 1 aliphatic rings. The summed E-state index contributed by atoms with van der Waals surface area (Å²) in [6.45, 7) is 6.03. The number of carbonyl (C=O) groups is 1.